The van der Waals surface area contributed by atoms with E-state index in [4.69, 9.17) is 0 Å². The van der Waals surface area contributed by atoms with Crippen molar-refractivity contribution in [1.82, 2.24) is 0 Å². The molecule has 0 bridgehead atoms. The Hall–Kier alpha value is -0.330. The molecule has 0 amide bonds. The number of hydrogen-bond donors (Lipinski definition) is 0. The lowest BCUT2D eigenvalue weighted by Crippen LogP contribution is -2.02. The minimum atomic E-state index is 0.475. The van der Waals surface area contributed by atoms with Crippen molar-refractivity contribution in [3.63, 3.8) is 0 Å². The smallest absolute Gasteiger partial charge is 0.123 e. The molecule has 0 aromatic heterocycles. The standard InChI is InChI=1S/C9H12O/c10-4-6-3-5-1-2-7-8(5)9(6)7/h4-9H,1-3H2. The van der Waals surface area contributed by atoms with Crippen LogP contribution in [-0.2, 0) is 4.79 Å². The van der Waals surface area contributed by atoms with Crippen molar-refractivity contribution in [3.05, 3.63) is 0 Å². The van der Waals surface area contributed by atoms with Gasteiger partial charge in [0.1, 0.15) is 6.29 Å². The van der Waals surface area contributed by atoms with Gasteiger partial charge in [0.2, 0.25) is 0 Å². The van der Waals surface area contributed by atoms with Crippen LogP contribution in [0.25, 0.3) is 0 Å². The molecule has 1 heteroatoms. The summed E-state index contributed by atoms with van der Waals surface area (Å²) < 4.78 is 0. The number of carbonyl (C=O) groups is 1. The molecule has 54 valence electrons. The fourth-order valence-electron chi connectivity index (χ4n) is 3.61. The number of rotatable bonds is 1. The summed E-state index contributed by atoms with van der Waals surface area (Å²) in [6.07, 6.45) is 5.30. The van der Waals surface area contributed by atoms with Gasteiger partial charge in [-0.1, -0.05) is 0 Å². The van der Waals surface area contributed by atoms with Crippen LogP contribution >= 0.6 is 0 Å². The molecule has 3 aliphatic carbocycles. The number of aldehydes is 1. The minimum absolute atomic E-state index is 0.475. The van der Waals surface area contributed by atoms with Crippen LogP contribution in [0.1, 0.15) is 19.3 Å². The molecular weight excluding hydrogens is 124 g/mol. The third-order valence-corrected chi connectivity index (χ3v) is 3.95. The van der Waals surface area contributed by atoms with E-state index in [0.29, 0.717) is 5.92 Å². The molecule has 3 saturated carbocycles. The van der Waals surface area contributed by atoms with E-state index in [-0.39, 0.29) is 0 Å². The molecular formula is C9H12O. The third kappa shape index (κ3) is 0.415. The molecule has 0 aromatic carbocycles. The lowest BCUT2D eigenvalue weighted by molar-refractivity contribution is -0.111. The van der Waals surface area contributed by atoms with Gasteiger partial charge < -0.3 is 4.79 Å². The summed E-state index contributed by atoms with van der Waals surface area (Å²) in [6, 6.07) is 0. The van der Waals surface area contributed by atoms with Gasteiger partial charge in [0.25, 0.3) is 0 Å². The first-order valence-electron chi connectivity index (χ1n) is 4.37. The number of hydrogen-bond acceptors (Lipinski definition) is 1. The second kappa shape index (κ2) is 1.46. The van der Waals surface area contributed by atoms with Gasteiger partial charge in [-0.3, -0.25) is 0 Å². The highest BCUT2D eigenvalue weighted by Crippen LogP contribution is 2.70. The zero-order chi connectivity index (χ0) is 6.72. The van der Waals surface area contributed by atoms with Crippen LogP contribution in [0.4, 0.5) is 0 Å². The third-order valence-electron chi connectivity index (χ3n) is 3.95. The zero-order valence-corrected chi connectivity index (χ0v) is 5.99. The van der Waals surface area contributed by atoms with E-state index in [2.05, 4.69) is 0 Å². The van der Waals surface area contributed by atoms with Crippen molar-refractivity contribution in [1.29, 1.82) is 0 Å². The maximum Gasteiger partial charge on any atom is 0.123 e. The Kier molecular flexibility index (Phi) is 0.781. The molecule has 0 radical (unpaired) electrons. The maximum atomic E-state index is 10.6. The van der Waals surface area contributed by atoms with Crippen molar-refractivity contribution < 1.29 is 4.79 Å². The quantitative estimate of drug-likeness (QED) is 0.499. The first-order valence-corrected chi connectivity index (χ1v) is 4.37. The molecule has 0 N–H and O–H groups in total. The summed E-state index contributed by atoms with van der Waals surface area (Å²) in [5, 5.41) is 0. The number of carbonyl (C=O) groups excluding carboxylic acids is 1. The largest absolute Gasteiger partial charge is 0.303 e. The molecule has 0 heterocycles. The van der Waals surface area contributed by atoms with Crippen molar-refractivity contribution in [2.24, 2.45) is 29.6 Å². The molecule has 3 fully saturated rings. The van der Waals surface area contributed by atoms with Gasteiger partial charge in [0.05, 0.1) is 0 Å². The first kappa shape index (κ1) is 5.34. The van der Waals surface area contributed by atoms with E-state index >= 15 is 0 Å². The van der Waals surface area contributed by atoms with E-state index in [1.807, 2.05) is 0 Å². The van der Waals surface area contributed by atoms with Crippen LogP contribution in [0, 0.1) is 29.6 Å². The normalized spacial score (nSPS) is 62.2. The van der Waals surface area contributed by atoms with Crippen LogP contribution in [-0.4, -0.2) is 6.29 Å². The van der Waals surface area contributed by atoms with Gasteiger partial charge in [0, 0.05) is 5.92 Å². The maximum absolute atomic E-state index is 10.6. The summed E-state index contributed by atoms with van der Waals surface area (Å²) in [7, 11) is 0. The second-order valence-electron chi connectivity index (χ2n) is 4.19. The average molecular weight is 136 g/mol. The van der Waals surface area contributed by atoms with Crippen molar-refractivity contribution in [2.75, 3.05) is 0 Å². The average Bonchev–Trinajstić information content (AvgIpc) is 2.41. The Labute approximate surface area is 60.8 Å². The lowest BCUT2D eigenvalue weighted by atomic mass is 10.0. The summed E-state index contributed by atoms with van der Waals surface area (Å²) >= 11 is 0. The van der Waals surface area contributed by atoms with Crippen LogP contribution in [0.15, 0.2) is 0 Å². The summed E-state index contributed by atoms with van der Waals surface area (Å²) in [4.78, 5) is 10.6. The van der Waals surface area contributed by atoms with Crippen LogP contribution in [0.2, 0.25) is 0 Å². The minimum Gasteiger partial charge on any atom is -0.303 e. The zero-order valence-electron chi connectivity index (χ0n) is 5.99. The van der Waals surface area contributed by atoms with Crippen LogP contribution in [0.3, 0.4) is 0 Å². The second-order valence-corrected chi connectivity index (χ2v) is 4.19. The highest BCUT2D eigenvalue weighted by molar-refractivity contribution is 5.57. The molecule has 1 nitrogen and oxygen atoms in total. The Morgan fingerprint density at radius 3 is 2.70 bits per heavy atom. The van der Waals surface area contributed by atoms with Crippen LogP contribution < -0.4 is 0 Å². The molecule has 5 unspecified atom stereocenters. The predicted molar refractivity (Wildman–Crippen MR) is 37.4 cm³/mol. The fraction of sp³-hybridized carbons (Fsp3) is 0.889. The molecule has 10 heavy (non-hydrogen) atoms. The van der Waals surface area contributed by atoms with E-state index in [9.17, 15) is 4.79 Å². The summed E-state index contributed by atoms with van der Waals surface area (Å²) in [5.41, 5.74) is 0. The Balaban J connectivity index is 1.92. The molecule has 3 aliphatic rings. The summed E-state index contributed by atoms with van der Waals surface area (Å²) in [5.74, 6) is 4.30. The predicted octanol–water partition coefficient (Wildman–Crippen LogP) is 1.48. The van der Waals surface area contributed by atoms with Crippen molar-refractivity contribution in [2.45, 2.75) is 19.3 Å². The Morgan fingerprint density at radius 2 is 2.10 bits per heavy atom. The van der Waals surface area contributed by atoms with Gasteiger partial charge in [-0.05, 0) is 42.9 Å². The Morgan fingerprint density at radius 1 is 1.20 bits per heavy atom. The van der Waals surface area contributed by atoms with Gasteiger partial charge >= 0.3 is 0 Å². The molecule has 5 atom stereocenters. The topological polar surface area (TPSA) is 17.1 Å². The first-order chi connectivity index (χ1) is 4.92. The molecule has 0 saturated heterocycles. The SMILES string of the molecule is O=CC1CC2CCC3C1C23. The molecule has 3 rings (SSSR count). The fourth-order valence-corrected chi connectivity index (χ4v) is 3.61. The van der Waals surface area contributed by atoms with E-state index in [0.717, 1.165) is 23.7 Å². The van der Waals surface area contributed by atoms with E-state index in [1.165, 1.54) is 25.5 Å². The monoisotopic (exact) mass is 136 g/mol. The lowest BCUT2D eigenvalue weighted by Gasteiger charge is -2.03. The molecule has 0 spiro atoms. The van der Waals surface area contributed by atoms with E-state index < -0.39 is 0 Å². The van der Waals surface area contributed by atoms with Gasteiger partial charge in [-0.2, -0.15) is 0 Å². The van der Waals surface area contributed by atoms with Gasteiger partial charge in [-0.15, -0.1) is 0 Å². The van der Waals surface area contributed by atoms with Crippen LogP contribution in [0.5, 0.6) is 0 Å². The highest BCUT2D eigenvalue weighted by Gasteiger charge is 2.65. The van der Waals surface area contributed by atoms with Crippen molar-refractivity contribution in [3.8, 4) is 0 Å². The summed E-state index contributed by atoms with van der Waals surface area (Å²) in [6.45, 7) is 0. The van der Waals surface area contributed by atoms with E-state index in [1.54, 1.807) is 0 Å². The Bertz CT molecular complexity index is 187. The molecule has 0 aromatic rings. The van der Waals surface area contributed by atoms with Gasteiger partial charge in [-0.25, -0.2) is 0 Å². The van der Waals surface area contributed by atoms with Crippen molar-refractivity contribution >= 4 is 6.29 Å². The highest BCUT2D eigenvalue weighted by atomic mass is 16.1. The molecule has 0 aliphatic heterocycles. The van der Waals surface area contributed by atoms with Gasteiger partial charge in [0.15, 0.2) is 0 Å². The number of fused-ring (bicyclic) bond motifs is 1.